The van der Waals surface area contributed by atoms with Crippen molar-refractivity contribution >= 4 is 22.5 Å². The molecule has 0 spiro atoms. The van der Waals surface area contributed by atoms with Gasteiger partial charge in [0.15, 0.2) is 11.6 Å². The second-order valence-corrected chi connectivity index (χ2v) is 7.30. The summed E-state index contributed by atoms with van der Waals surface area (Å²) in [7, 11) is 0. The molecule has 0 radical (unpaired) electrons. The number of nitrogens with zero attached hydrogens (tertiary/aromatic N) is 6. The molecular formula is C20H20F2N8. The molecule has 8 nitrogen and oxygen atoms in total. The fourth-order valence-corrected chi connectivity index (χ4v) is 3.76. The van der Waals surface area contributed by atoms with E-state index in [1.165, 1.54) is 4.57 Å². The van der Waals surface area contributed by atoms with Crippen LogP contribution in [0.25, 0.3) is 11.0 Å². The topological polar surface area (TPSA) is 87.6 Å². The lowest BCUT2D eigenvalue weighted by Gasteiger charge is -2.28. The zero-order valence-electron chi connectivity index (χ0n) is 16.3. The van der Waals surface area contributed by atoms with Crippen LogP contribution in [0.2, 0.25) is 0 Å². The summed E-state index contributed by atoms with van der Waals surface area (Å²) in [5.41, 5.74) is 3.98. The Hall–Kier alpha value is -3.56. The molecule has 1 aliphatic heterocycles. The SMILES string of the molecule is Cc1cc2c(NCc3ccc(N4CCn5c(nnc5C(F)F)C4)nc3)ccnc2[nH]1. The minimum Gasteiger partial charge on any atom is -0.380 e. The van der Waals surface area contributed by atoms with Gasteiger partial charge in [-0.2, -0.15) is 0 Å². The molecule has 0 amide bonds. The molecule has 0 saturated heterocycles. The number of aromatic nitrogens is 6. The summed E-state index contributed by atoms with van der Waals surface area (Å²) in [6, 6.07) is 7.98. The number of H-pyrrole nitrogens is 1. The Morgan fingerprint density at radius 1 is 1.17 bits per heavy atom. The molecule has 1 aliphatic rings. The number of nitrogens with one attached hydrogen (secondary N) is 2. The maximum absolute atomic E-state index is 13.0. The average Bonchev–Trinajstić information content (AvgIpc) is 3.35. The molecule has 5 heterocycles. The van der Waals surface area contributed by atoms with Crippen LogP contribution in [-0.2, 0) is 19.6 Å². The third-order valence-corrected chi connectivity index (χ3v) is 5.26. The van der Waals surface area contributed by atoms with Gasteiger partial charge in [0.2, 0.25) is 0 Å². The smallest absolute Gasteiger partial charge is 0.297 e. The van der Waals surface area contributed by atoms with Gasteiger partial charge in [0.1, 0.15) is 11.5 Å². The largest absolute Gasteiger partial charge is 0.380 e. The van der Waals surface area contributed by atoms with Crippen LogP contribution < -0.4 is 10.2 Å². The third kappa shape index (κ3) is 3.34. The summed E-state index contributed by atoms with van der Waals surface area (Å²) in [5, 5.41) is 12.0. The van der Waals surface area contributed by atoms with Gasteiger partial charge in [-0.05, 0) is 30.7 Å². The summed E-state index contributed by atoms with van der Waals surface area (Å²) in [4.78, 5) is 14.2. The van der Waals surface area contributed by atoms with Gasteiger partial charge >= 0.3 is 0 Å². The first kappa shape index (κ1) is 18.5. The number of pyridine rings is 2. The second-order valence-electron chi connectivity index (χ2n) is 7.30. The van der Waals surface area contributed by atoms with E-state index in [4.69, 9.17) is 0 Å². The van der Waals surface area contributed by atoms with Gasteiger partial charge in [-0.15, -0.1) is 10.2 Å². The van der Waals surface area contributed by atoms with Crippen LogP contribution in [0, 0.1) is 6.92 Å². The number of alkyl halides is 2. The highest BCUT2D eigenvalue weighted by Gasteiger charge is 2.25. The summed E-state index contributed by atoms with van der Waals surface area (Å²) in [5.74, 6) is 1.06. The van der Waals surface area contributed by atoms with Crippen LogP contribution in [-0.4, -0.2) is 36.3 Å². The minimum absolute atomic E-state index is 0.262. The Morgan fingerprint density at radius 3 is 2.87 bits per heavy atom. The zero-order chi connectivity index (χ0) is 20.7. The molecule has 0 atom stereocenters. The fourth-order valence-electron chi connectivity index (χ4n) is 3.76. The molecule has 4 aromatic rings. The lowest BCUT2D eigenvalue weighted by Crippen LogP contribution is -2.35. The van der Waals surface area contributed by atoms with Crippen molar-refractivity contribution in [2.75, 3.05) is 16.8 Å². The van der Waals surface area contributed by atoms with E-state index in [0.29, 0.717) is 32.0 Å². The number of hydrogen-bond donors (Lipinski definition) is 2. The van der Waals surface area contributed by atoms with Crippen molar-refractivity contribution in [2.24, 2.45) is 0 Å². The molecular weight excluding hydrogens is 390 g/mol. The Labute approximate surface area is 171 Å². The van der Waals surface area contributed by atoms with E-state index in [1.807, 2.05) is 36.2 Å². The summed E-state index contributed by atoms with van der Waals surface area (Å²) >= 11 is 0. The van der Waals surface area contributed by atoms with Crippen molar-refractivity contribution in [2.45, 2.75) is 33.0 Å². The highest BCUT2D eigenvalue weighted by molar-refractivity contribution is 5.89. The Morgan fingerprint density at radius 2 is 2.07 bits per heavy atom. The van der Waals surface area contributed by atoms with E-state index in [-0.39, 0.29) is 5.82 Å². The lowest BCUT2D eigenvalue weighted by molar-refractivity contribution is 0.134. The molecule has 154 valence electrons. The first-order chi connectivity index (χ1) is 14.6. The maximum Gasteiger partial charge on any atom is 0.297 e. The molecule has 0 fully saturated rings. The van der Waals surface area contributed by atoms with E-state index < -0.39 is 6.43 Å². The molecule has 0 saturated carbocycles. The van der Waals surface area contributed by atoms with Crippen LogP contribution in [0.5, 0.6) is 0 Å². The monoisotopic (exact) mass is 410 g/mol. The van der Waals surface area contributed by atoms with Crippen LogP contribution in [0.3, 0.4) is 0 Å². The predicted octanol–water partition coefficient (Wildman–Crippen LogP) is 3.43. The molecule has 0 bridgehead atoms. The van der Waals surface area contributed by atoms with Crippen molar-refractivity contribution in [3.8, 4) is 0 Å². The van der Waals surface area contributed by atoms with Gasteiger partial charge in [0, 0.05) is 48.8 Å². The number of aryl methyl sites for hydroxylation is 1. The van der Waals surface area contributed by atoms with Crippen molar-refractivity contribution in [3.63, 3.8) is 0 Å². The summed E-state index contributed by atoms with van der Waals surface area (Å²) in [6.07, 6.45) is 0.989. The van der Waals surface area contributed by atoms with Crippen molar-refractivity contribution in [1.82, 2.24) is 29.7 Å². The summed E-state index contributed by atoms with van der Waals surface area (Å²) < 4.78 is 27.4. The van der Waals surface area contributed by atoms with Gasteiger partial charge < -0.3 is 19.8 Å². The molecule has 0 aliphatic carbocycles. The number of fused-ring (bicyclic) bond motifs is 2. The van der Waals surface area contributed by atoms with E-state index in [9.17, 15) is 8.78 Å². The molecule has 5 rings (SSSR count). The first-order valence-electron chi connectivity index (χ1n) is 9.66. The van der Waals surface area contributed by atoms with Crippen molar-refractivity contribution < 1.29 is 8.78 Å². The minimum atomic E-state index is -2.61. The van der Waals surface area contributed by atoms with Crippen LogP contribution in [0.4, 0.5) is 20.3 Å². The molecule has 4 aromatic heterocycles. The molecule has 2 N–H and O–H groups in total. The number of hydrogen-bond acceptors (Lipinski definition) is 6. The normalized spacial score (nSPS) is 13.8. The van der Waals surface area contributed by atoms with Crippen LogP contribution in [0.1, 0.15) is 29.3 Å². The maximum atomic E-state index is 13.0. The molecule has 10 heteroatoms. The first-order valence-corrected chi connectivity index (χ1v) is 9.66. The number of anilines is 2. The Balaban J connectivity index is 1.26. The van der Waals surface area contributed by atoms with E-state index in [2.05, 4.69) is 36.5 Å². The molecule has 0 aromatic carbocycles. The van der Waals surface area contributed by atoms with E-state index >= 15 is 0 Å². The third-order valence-electron chi connectivity index (χ3n) is 5.26. The van der Waals surface area contributed by atoms with Crippen LogP contribution in [0.15, 0.2) is 36.7 Å². The Kier molecular flexibility index (Phi) is 4.53. The van der Waals surface area contributed by atoms with E-state index in [1.54, 1.807) is 6.20 Å². The van der Waals surface area contributed by atoms with Gasteiger partial charge in [-0.3, -0.25) is 0 Å². The summed E-state index contributed by atoms with van der Waals surface area (Å²) in [6.45, 7) is 4.04. The standard InChI is InChI=1S/C20H20F2N8/c1-12-8-14-15(4-5-23-19(14)26-12)24-9-13-2-3-16(25-10-13)29-6-7-30-17(11-29)27-28-20(30)18(21)22/h2-5,8,10,18H,6-7,9,11H2,1H3,(H2,23,24,26). The lowest BCUT2D eigenvalue weighted by atomic mass is 10.2. The molecule has 30 heavy (non-hydrogen) atoms. The number of halogens is 2. The quantitative estimate of drug-likeness (QED) is 0.524. The predicted molar refractivity (Wildman–Crippen MR) is 108 cm³/mol. The van der Waals surface area contributed by atoms with Crippen LogP contribution >= 0.6 is 0 Å². The zero-order valence-corrected chi connectivity index (χ0v) is 16.3. The average molecular weight is 410 g/mol. The van der Waals surface area contributed by atoms with Gasteiger partial charge in [0.05, 0.1) is 6.54 Å². The van der Waals surface area contributed by atoms with Gasteiger partial charge in [-0.1, -0.05) is 6.07 Å². The highest BCUT2D eigenvalue weighted by atomic mass is 19.3. The molecule has 0 unspecified atom stereocenters. The van der Waals surface area contributed by atoms with Gasteiger partial charge in [-0.25, -0.2) is 18.7 Å². The fraction of sp³-hybridized carbons (Fsp3) is 0.300. The number of rotatable bonds is 5. The Bertz CT molecular complexity index is 1180. The van der Waals surface area contributed by atoms with Crippen molar-refractivity contribution in [3.05, 3.63) is 59.6 Å². The second kappa shape index (κ2) is 7.36. The highest BCUT2D eigenvalue weighted by Crippen LogP contribution is 2.25. The van der Waals surface area contributed by atoms with E-state index in [0.717, 1.165) is 33.8 Å². The van der Waals surface area contributed by atoms with Gasteiger partial charge in [0.25, 0.3) is 6.43 Å². The number of aromatic amines is 1. The van der Waals surface area contributed by atoms with Crippen molar-refractivity contribution in [1.29, 1.82) is 0 Å².